The number of hydrogen-bond donors (Lipinski definition) is 0. The predicted molar refractivity (Wildman–Crippen MR) is 63.2 cm³/mol. The Morgan fingerprint density at radius 3 is 2.47 bits per heavy atom. The van der Waals surface area contributed by atoms with Crippen molar-refractivity contribution >= 4 is 5.78 Å². The van der Waals surface area contributed by atoms with Crippen molar-refractivity contribution in [1.29, 1.82) is 5.26 Å². The maximum absolute atomic E-state index is 11.1. The van der Waals surface area contributed by atoms with Gasteiger partial charge in [-0.2, -0.15) is 5.26 Å². The van der Waals surface area contributed by atoms with Gasteiger partial charge in [0.2, 0.25) is 0 Å². The zero-order valence-electron chi connectivity index (χ0n) is 10.2. The van der Waals surface area contributed by atoms with Gasteiger partial charge < -0.3 is 9.47 Å². The standard InChI is InChI=1S/C13H15NO3/c1-9(15)6-11(8-14)10-4-5-12(16-2)13(7-10)17-3/h4-5,7,11H,6H2,1-3H3. The molecule has 0 heterocycles. The van der Waals surface area contributed by atoms with Gasteiger partial charge in [-0.05, 0) is 24.6 Å². The normalized spacial score (nSPS) is 11.4. The van der Waals surface area contributed by atoms with E-state index in [4.69, 9.17) is 14.7 Å². The van der Waals surface area contributed by atoms with E-state index in [9.17, 15) is 4.79 Å². The van der Waals surface area contributed by atoms with Crippen molar-refractivity contribution in [2.45, 2.75) is 19.3 Å². The molecule has 0 bridgehead atoms. The lowest BCUT2D eigenvalue weighted by atomic mass is 9.95. The summed E-state index contributed by atoms with van der Waals surface area (Å²) in [7, 11) is 3.09. The quantitative estimate of drug-likeness (QED) is 0.782. The predicted octanol–water partition coefficient (Wildman–Crippen LogP) is 2.29. The smallest absolute Gasteiger partial charge is 0.161 e. The van der Waals surface area contributed by atoms with E-state index in [2.05, 4.69) is 6.07 Å². The first-order valence-electron chi connectivity index (χ1n) is 5.23. The van der Waals surface area contributed by atoms with E-state index in [1.807, 2.05) is 0 Å². The van der Waals surface area contributed by atoms with Crippen LogP contribution in [0.25, 0.3) is 0 Å². The zero-order chi connectivity index (χ0) is 12.8. The second kappa shape index (κ2) is 5.90. The molecule has 17 heavy (non-hydrogen) atoms. The summed E-state index contributed by atoms with van der Waals surface area (Å²) >= 11 is 0. The third-order valence-corrected chi connectivity index (χ3v) is 2.46. The highest BCUT2D eigenvalue weighted by molar-refractivity contribution is 5.77. The molecule has 0 aromatic heterocycles. The van der Waals surface area contributed by atoms with Crippen molar-refractivity contribution in [3.63, 3.8) is 0 Å². The van der Waals surface area contributed by atoms with Crippen molar-refractivity contribution in [3.05, 3.63) is 23.8 Å². The summed E-state index contributed by atoms with van der Waals surface area (Å²) in [5.74, 6) is 0.725. The van der Waals surface area contributed by atoms with Crippen LogP contribution in [-0.4, -0.2) is 20.0 Å². The number of ether oxygens (including phenoxy) is 2. The minimum absolute atomic E-state index is 0.00802. The van der Waals surface area contributed by atoms with Gasteiger partial charge in [0.1, 0.15) is 5.78 Å². The summed E-state index contributed by atoms with van der Waals surface area (Å²) in [6.45, 7) is 1.48. The molecule has 90 valence electrons. The summed E-state index contributed by atoms with van der Waals surface area (Å²) in [4.78, 5) is 11.1. The molecule has 1 aromatic carbocycles. The summed E-state index contributed by atoms with van der Waals surface area (Å²) in [6.07, 6.45) is 0.214. The molecular formula is C13H15NO3. The average molecular weight is 233 g/mol. The number of ketones is 1. The highest BCUT2D eigenvalue weighted by Gasteiger charge is 2.15. The first-order chi connectivity index (χ1) is 8.12. The molecule has 0 radical (unpaired) electrons. The van der Waals surface area contributed by atoms with Crippen LogP contribution in [0.4, 0.5) is 0 Å². The number of nitrogens with zero attached hydrogens (tertiary/aromatic N) is 1. The Morgan fingerprint density at radius 2 is 2.00 bits per heavy atom. The molecular weight excluding hydrogens is 218 g/mol. The van der Waals surface area contributed by atoms with Gasteiger partial charge in [0.15, 0.2) is 11.5 Å². The fourth-order valence-electron chi connectivity index (χ4n) is 1.60. The topological polar surface area (TPSA) is 59.3 Å². The van der Waals surface area contributed by atoms with Gasteiger partial charge >= 0.3 is 0 Å². The molecule has 4 heteroatoms. The maximum Gasteiger partial charge on any atom is 0.161 e. The lowest BCUT2D eigenvalue weighted by molar-refractivity contribution is -0.117. The van der Waals surface area contributed by atoms with Crippen LogP contribution in [0.15, 0.2) is 18.2 Å². The number of hydrogen-bond acceptors (Lipinski definition) is 4. The number of benzene rings is 1. The lowest BCUT2D eigenvalue weighted by Gasteiger charge is -2.12. The van der Waals surface area contributed by atoms with Crippen molar-refractivity contribution in [2.24, 2.45) is 0 Å². The number of Topliss-reactive ketones (excluding diaryl/α,β-unsaturated/α-hetero) is 1. The summed E-state index contributed by atoms with van der Waals surface area (Å²) < 4.78 is 10.3. The summed E-state index contributed by atoms with van der Waals surface area (Å²) in [6, 6.07) is 7.36. The van der Waals surface area contributed by atoms with Gasteiger partial charge in [0, 0.05) is 6.42 Å². The van der Waals surface area contributed by atoms with Crippen LogP contribution in [0.3, 0.4) is 0 Å². The molecule has 0 aliphatic heterocycles. The van der Waals surface area contributed by atoms with E-state index in [1.54, 1.807) is 25.3 Å². The molecule has 0 aliphatic rings. The van der Waals surface area contributed by atoms with Crippen LogP contribution in [0.5, 0.6) is 11.5 Å². The molecule has 0 amide bonds. The first-order valence-corrected chi connectivity index (χ1v) is 5.23. The molecule has 0 fully saturated rings. The van der Waals surface area contributed by atoms with Crippen molar-refractivity contribution < 1.29 is 14.3 Å². The summed E-state index contributed by atoms with van der Waals surface area (Å²) in [5, 5.41) is 9.04. The molecule has 1 unspecified atom stereocenters. The molecule has 0 aliphatic carbocycles. The third kappa shape index (κ3) is 3.22. The number of rotatable bonds is 5. The lowest BCUT2D eigenvalue weighted by Crippen LogP contribution is -2.03. The maximum atomic E-state index is 11.1. The van der Waals surface area contributed by atoms with Crippen LogP contribution in [-0.2, 0) is 4.79 Å². The third-order valence-electron chi connectivity index (χ3n) is 2.46. The Morgan fingerprint density at radius 1 is 1.35 bits per heavy atom. The molecule has 1 aromatic rings. The molecule has 0 saturated carbocycles. The molecule has 4 nitrogen and oxygen atoms in total. The highest BCUT2D eigenvalue weighted by Crippen LogP contribution is 2.31. The number of carbonyl (C=O) groups excluding carboxylic acids is 1. The van der Waals surface area contributed by atoms with Crippen molar-refractivity contribution in [1.82, 2.24) is 0 Å². The van der Waals surface area contributed by atoms with E-state index in [-0.39, 0.29) is 12.2 Å². The first kappa shape index (κ1) is 13.0. The fraction of sp³-hybridized carbons (Fsp3) is 0.385. The highest BCUT2D eigenvalue weighted by atomic mass is 16.5. The Balaban J connectivity index is 3.05. The Labute approximate surface area is 101 Å². The Bertz CT molecular complexity index is 448. The van der Waals surface area contributed by atoms with Crippen LogP contribution in [0, 0.1) is 11.3 Å². The number of methoxy groups -OCH3 is 2. The van der Waals surface area contributed by atoms with E-state index in [0.29, 0.717) is 11.5 Å². The van der Waals surface area contributed by atoms with Gasteiger partial charge in [-0.15, -0.1) is 0 Å². The van der Waals surface area contributed by atoms with E-state index in [0.717, 1.165) is 5.56 Å². The van der Waals surface area contributed by atoms with Gasteiger partial charge in [0.05, 0.1) is 26.2 Å². The number of nitriles is 1. The van der Waals surface area contributed by atoms with Gasteiger partial charge in [0.25, 0.3) is 0 Å². The van der Waals surface area contributed by atoms with E-state index < -0.39 is 5.92 Å². The van der Waals surface area contributed by atoms with E-state index >= 15 is 0 Å². The second-order valence-corrected chi connectivity index (χ2v) is 3.70. The van der Waals surface area contributed by atoms with Crippen LogP contribution in [0.2, 0.25) is 0 Å². The minimum atomic E-state index is -0.438. The summed E-state index contributed by atoms with van der Waals surface area (Å²) in [5.41, 5.74) is 0.764. The van der Waals surface area contributed by atoms with Crippen molar-refractivity contribution in [2.75, 3.05) is 14.2 Å². The molecule has 0 spiro atoms. The fourth-order valence-corrected chi connectivity index (χ4v) is 1.60. The largest absolute Gasteiger partial charge is 0.493 e. The van der Waals surface area contributed by atoms with Crippen LogP contribution in [0.1, 0.15) is 24.8 Å². The minimum Gasteiger partial charge on any atom is -0.493 e. The van der Waals surface area contributed by atoms with Crippen molar-refractivity contribution in [3.8, 4) is 17.6 Å². The van der Waals surface area contributed by atoms with E-state index in [1.165, 1.54) is 14.0 Å². The van der Waals surface area contributed by atoms with Crippen LogP contribution < -0.4 is 9.47 Å². The van der Waals surface area contributed by atoms with Gasteiger partial charge in [-0.25, -0.2) is 0 Å². The number of carbonyl (C=O) groups is 1. The second-order valence-electron chi connectivity index (χ2n) is 3.70. The Kier molecular flexibility index (Phi) is 4.53. The molecule has 0 saturated heterocycles. The zero-order valence-corrected chi connectivity index (χ0v) is 10.2. The Hall–Kier alpha value is -2.02. The monoisotopic (exact) mass is 233 g/mol. The van der Waals surface area contributed by atoms with Crippen LogP contribution >= 0.6 is 0 Å². The molecule has 1 rings (SSSR count). The molecule has 1 atom stereocenters. The molecule has 0 N–H and O–H groups in total. The average Bonchev–Trinajstić information content (AvgIpc) is 2.34. The SMILES string of the molecule is COc1ccc(C(C#N)CC(C)=O)cc1OC. The van der Waals surface area contributed by atoms with Gasteiger partial charge in [-0.3, -0.25) is 4.79 Å². The van der Waals surface area contributed by atoms with Gasteiger partial charge in [-0.1, -0.05) is 6.07 Å².